The Kier molecular flexibility index (Phi) is 6.91. The summed E-state index contributed by atoms with van der Waals surface area (Å²) in [6.07, 6.45) is 0.318. The largest absolute Gasteiger partial charge is 0.354 e. The Labute approximate surface area is 174 Å². The number of hydrogen-bond donors (Lipinski definition) is 3. The predicted molar refractivity (Wildman–Crippen MR) is 114 cm³/mol. The highest BCUT2D eigenvalue weighted by Gasteiger charge is 2.12. The van der Waals surface area contributed by atoms with E-state index in [0.717, 1.165) is 16.7 Å². The molecule has 2 amide bonds. The SMILES string of the molecule is Cc1ccc(-c2n[nH]c(=S)n2CC(=O)NCCNC(=O)Cc2ccccc2)cc1. The minimum Gasteiger partial charge on any atom is -0.354 e. The Morgan fingerprint density at radius 1 is 1.00 bits per heavy atom. The smallest absolute Gasteiger partial charge is 0.240 e. The second kappa shape index (κ2) is 9.79. The maximum Gasteiger partial charge on any atom is 0.240 e. The number of nitrogens with one attached hydrogen (secondary N) is 3. The van der Waals surface area contributed by atoms with Crippen LogP contribution in [0, 0.1) is 11.7 Å². The molecule has 0 bridgehead atoms. The zero-order chi connectivity index (χ0) is 20.6. The average Bonchev–Trinajstić information content (AvgIpc) is 3.07. The summed E-state index contributed by atoms with van der Waals surface area (Å²) in [5, 5.41) is 12.6. The quantitative estimate of drug-likeness (QED) is 0.394. The van der Waals surface area contributed by atoms with Gasteiger partial charge in [-0.15, -0.1) is 0 Å². The van der Waals surface area contributed by atoms with Gasteiger partial charge in [-0.1, -0.05) is 60.2 Å². The third-order valence-electron chi connectivity index (χ3n) is 4.35. The Balaban J connectivity index is 1.48. The molecule has 3 aromatic rings. The molecule has 0 atom stereocenters. The molecule has 150 valence electrons. The summed E-state index contributed by atoms with van der Waals surface area (Å²) in [4.78, 5) is 24.2. The molecule has 0 saturated heterocycles. The van der Waals surface area contributed by atoms with Gasteiger partial charge in [0.1, 0.15) is 6.54 Å². The number of aromatic nitrogens is 3. The highest BCUT2D eigenvalue weighted by molar-refractivity contribution is 7.71. The van der Waals surface area contributed by atoms with Crippen LogP contribution in [0.1, 0.15) is 11.1 Å². The molecule has 0 aliphatic heterocycles. The van der Waals surface area contributed by atoms with E-state index >= 15 is 0 Å². The first-order chi connectivity index (χ1) is 14.0. The molecular weight excluding hydrogens is 386 g/mol. The van der Waals surface area contributed by atoms with Gasteiger partial charge in [-0.05, 0) is 24.7 Å². The summed E-state index contributed by atoms with van der Waals surface area (Å²) >= 11 is 5.26. The number of rotatable bonds is 8. The fraction of sp³-hybridized carbons (Fsp3) is 0.238. The van der Waals surface area contributed by atoms with Crippen molar-refractivity contribution >= 4 is 24.0 Å². The number of aryl methyl sites for hydroxylation is 1. The first-order valence-electron chi connectivity index (χ1n) is 9.32. The Morgan fingerprint density at radius 3 is 2.34 bits per heavy atom. The van der Waals surface area contributed by atoms with Gasteiger partial charge < -0.3 is 10.6 Å². The highest BCUT2D eigenvalue weighted by atomic mass is 32.1. The molecule has 7 nitrogen and oxygen atoms in total. The molecule has 0 fully saturated rings. The predicted octanol–water partition coefficient (Wildman–Crippen LogP) is 2.39. The van der Waals surface area contributed by atoms with Gasteiger partial charge in [0, 0.05) is 18.7 Å². The van der Waals surface area contributed by atoms with Crippen molar-refractivity contribution in [2.75, 3.05) is 13.1 Å². The second-order valence-corrected chi connectivity index (χ2v) is 7.05. The first-order valence-corrected chi connectivity index (χ1v) is 9.73. The van der Waals surface area contributed by atoms with Crippen LogP contribution >= 0.6 is 12.2 Å². The van der Waals surface area contributed by atoms with Crippen LogP contribution in [0.3, 0.4) is 0 Å². The molecule has 3 N–H and O–H groups in total. The molecule has 0 spiro atoms. The van der Waals surface area contributed by atoms with Gasteiger partial charge in [0.15, 0.2) is 10.6 Å². The summed E-state index contributed by atoms with van der Waals surface area (Å²) in [7, 11) is 0. The number of amides is 2. The standard InChI is InChI=1S/C21H23N5O2S/c1-15-7-9-17(10-8-15)20-24-25-21(29)26(20)14-19(28)23-12-11-22-18(27)13-16-5-3-2-4-6-16/h2-10H,11-14H2,1H3,(H,22,27)(H,23,28)(H,25,29). The van der Waals surface area contributed by atoms with Crippen LogP contribution in [0.5, 0.6) is 0 Å². The van der Waals surface area contributed by atoms with Crippen molar-refractivity contribution in [3.63, 3.8) is 0 Å². The molecule has 29 heavy (non-hydrogen) atoms. The number of carbonyl (C=O) groups excluding carboxylic acids is 2. The lowest BCUT2D eigenvalue weighted by Crippen LogP contribution is -2.36. The van der Waals surface area contributed by atoms with E-state index in [1.165, 1.54) is 0 Å². The van der Waals surface area contributed by atoms with Crippen molar-refractivity contribution in [2.24, 2.45) is 0 Å². The molecule has 0 radical (unpaired) electrons. The second-order valence-electron chi connectivity index (χ2n) is 6.67. The van der Waals surface area contributed by atoms with Crippen LogP contribution in [0.2, 0.25) is 0 Å². The van der Waals surface area contributed by atoms with Gasteiger partial charge >= 0.3 is 0 Å². The van der Waals surface area contributed by atoms with E-state index in [9.17, 15) is 9.59 Å². The van der Waals surface area contributed by atoms with Crippen molar-refractivity contribution in [2.45, 2.75) is 19.9 Å². The number of H-pyrrole nitrogens is 1. The van der Waals surface area contributed by atoms with Crippen molar-refractivity contribution in [3.8, 4) is 11.4 Å². The molecule has 8 heteroatoms. The first kappa shape index (κ1) is 20.5. The number of benzene rings is 2. The van der Waals surface area contributed by atoms with E-state index < -0.39 is 0 Å². The van der Waals surface area contributed by atoms with Crippen LogP contribution in [0.4, 0.5) is 0 Å². The van der Waals surface area contributed by atoms with Crippen LogP contribution in [-0.2, 0) is 22.6 Å². The Morgan fingerprint density at radius 2 is 1.66 bits per heavy atom. The monoisotopic (exact) mass is 409 g/mol. The average molecular weight is 410 g/mol. The molecule has 3 rings (SSSR count). The molecule has 0 saturated carbocycles. The maximum absolute atomic E-state index is 12.3. The lowest BCUT2D eigenvalue weighted by molar-refractivity contribution is -0.123. The van der Waals surface area contributed by atoms with Crippen LogP contribution in [0.25, 0.3) is 11.4 Å². The fourth-order valence-electron chi connectivity index (χ4n) is 2.83. The van der Waals surface area contributed by atoms with Crippen molar-refractivity contribution in [1.82, 2.24) is 25.4 Å². The zero-order valence-electron chi connectivity index (χ0n) is 16.1. The van der Waals surface area contributed by atoms with E-state index in [1.54, 1.807) is 4.57 Å². The molecule has 2 aromatic carbocycles. The number of hydrogen-bond acceptors (Lipinski definition) is 4. The van der Waals surface area contributed by atoms with Gasteiger partial charge in [-0.2, -0.15) is 5.10 Å². The van der Waals surface area contributed by atoms with Crippen molar-refractivity contribution < 1.29 is 9.59 Å². The van der Waals surface area contributed by atoms with Gasteiger partial charge in [0.05, 0.1) is 6.42 Å². The number of aromatic amines is 1. The summed E-state index contributed by atoms with van der Waals surface area (Å²) in [6.45, 7) is 2.76. The molecule has 0 aliphatic rings. The van der Waals surface area contributed by atoms with Crippen molar-refractivity contribution in [3.05, 3.63) is 70.5 Å². The van der Waals surface area contributed by atoms with Crippen LogP contribution < -0.4 is 10.6 Å². The number of nitrogens with zero attached hydrogens (tertiary/aromatic N) is 2. The Hall–Kier alpha value is -3.26. The third-order valence-corrected chi connectivity index (χ3v) is 4.66. The minimum atomic E-state index is -0.201. The number of carbonyl (C=O) groups is 2. The van der Waals surface area contributed by atoms with E-state index in [0.29, 0.717) is 30.1 Å². The third kappa shape index (κ3) is 5.86. The van der Waals surface area contributed by atoms with Gasteiger partial charge in [-0.3, -0.25) is 19.3 Å². The highest BCUT2D eigenvalue weighted by Crippen LogP contribution is 2.17. The molecule has 1 heterocycles. The van der Waals surface area contributed by atoms with Crippen LogP contribution in [0.15, 0.2) is 54.6 Å². The zero-order valence-corrected chi connectivity index (χ0v) is 17.0. The van der Waals surface area contributed by atoms with Crippen molar-refractivity contribution in [1.29, 1.82) is 0 Å². The molecular formula is C21H23N5O2S. The van der Waals surface area contributed by atoms with E-state index in [4.69, 9.17) is 12.2 Å². The van der Waals surface area contributed by atoms with E-state index in [2.05, 4.69) is 20.8 Å². The fourth-order valence-corrected chi connectivity index (χ4v) is 3.03. The van der Waals surface area contributed by atoms with Crippen LogP contribution in [-0.4, -0.2) is 39.7 Å². The topological polar surface area (TPSA) is 91.8 Å². The molecule has 0 aliphatic carbocycles. The van der Waals surface area contributed by atoms with Gasteiger partial charge in [0.2, 0.25) is 11.8 Å². The normalized spacial score (nSPS) is 10.5. The minimum absolute atomic E-state index is 0.0521. The summed E-state index contributed by atoms with van der Waals surface area (Å²) in [5.41, 5.74) is 2.97. The summed E-state index contributed by atoms with van der Waals surface area (Å²) in [5.74, 6) is 0.332. The maximum atomic E-state index is 12.3. The summed E-state index contributed by atoms with van der Waals surface area (Å²) < 4.78 is 2.04. The lowest BCUT2D eigenvalue weighted by atomic mass is 10.1. The molecule has 1 aromatic heterocycles. The lowest BCUT2D eigenvalue weighted by Gasteiger charge is -2.09. The van der Waals surface area contributed by atoms with E-state index in [1.807, 2.05) is 61.5 Å². The summed E-state index contributed by atoms with van der Waals surface area (Å²) in [6, 6.07) is 17.4. The molecule has 0 unspecified atom stereocenters. The van der Waals surface area contributed by atoms with E-state index in [-0.39, 0.29) is 18.4 Å². The van der Waals surface area contributed by atoms with Gasteiger partial charge in [-0.25, -0.2) is 0 Å². The Bertz CT molecular complexity index is 1030. The van der Waals surface area contributed by atoms with Gasteiger partial charge in [0.25, 0.3) is 0 Å².